The molecule has 0 spiro atoms. The van der Waals surface area contributed by atoms with Crippen molar-refractivity contribution in [2.24, 2.45) is 5.92 Å². The molecule has 6 nitrogen and oxygen atoms in total. The summed E-state index contributed by atoms with van der Waals surface area (Å²) in [5.41, 5.74) is 0.368. The summed E-state index contributed by atoms with van der Waals surface area (Å²) in [6.07, 6.45) is 1.32. The Labute approximate surface area is 111 Å². The Morgan fingerprint density at radius 3 is 2.89 bits per heavy atom. The molecule has 0 aliphatic carbocycles. The Morgan fingerprint density at radius 2 is 2.39 bits per heavy atom. The predicted molar refractivity (Wildman–Crippen MR) is 64.7 cm³/mol. The van der Waals surface area contributed by atoms with Gasteiger partial charge in [-0.1, -0.05) is 0 Å². The first-order valence-corrected chi connectivity index (χ1v) is 5.91. The van der Waals surface area contributed by atoms with Crippen LogP contribution in [0.15, 0.2) is 16.7 Å². The van der Waals surface area contributed by atoms with E-state index in [0.717, 1.165) is 0 Å². The number of hydrogen-bond acceptors (Lipinski definition) is 4. The van der Waals surface area contributed by atoms with Crippen molar-refractivity contribution in [1.29, 1.82) is 5.26 Å². The molecule has 2 rings (SSSR count). The fourth-order valence-electron chi connectivity index (χ4n) is 1.77. The molecule has 0 bridgehead atoms. The summed E-state index contributed by atoms with van der Waals surface area (Å²) in [5.74, 6) is -1.62. The first-order chi connectivity index (χ1) is 8.52. The van der Waals surface area contributed by atoms with Gasteiger partial charge in [0.1, 0.15) is 11.9 Å². The second kappa shape index (κ2) is 4.74. The second-order valence-corrected chi connectivity index (χ2v) is 4.74. The van der Waals surface area contributed by atoms with Crippen LogP contribution in [0, 0.1) is 17.2 Å². The first-order valence-electron chi connectivity index (χ1n) is 5.11. The predicted octanol–water partition coefficient (Wildman–Crippen LogP) is 1.15. The van der Waals surface area contributed by atoms with E-state index < -0.39 is 11.9 Å². The van der Waals surface area contributed by atoms with Crippen molar-refractivity contribution in [3.8, 4) is 6.07 Å². The van der Waals surface area contributed by atoms with Crippen molar-refractivity contribution in [3.05, 3.63) is 22.3 Å². The largest absolute Gasteiger partial charge is 0.481 e. The van der Waals surface area contributed by atoms with E-state index in [1.165, 1.54) is 11.1 Å². The number of nitriles is 1. The summed E-state index contributed by atoms with van der Waals surface area (Å²) >= 11 is 3.23. The Hall–Kier alpha value is -1.94. The summed E-state index contributed by atoms with van der Waals surface area (Å²) in [5, 5.41) is 17.6. The number of rotatable bonds is 2. The minimum atomic E-state index is -0.990. The van der Waals surface area contributed by atoms with Crippen molar-refractivity contribution < 1.29 is 14.7 Å². The molecule has 1 amide bonds. The molecule has 1 unspecified atom stereocenters. The van der Waals surface area contributed by atoms with Crippen LogP contribution >= 0.6 is 15.9 Å². The third-order valence-electron chi connectivity index (χ3n) is 2.68. The summed E-state index contributed by atoms with van der Waals surface area (Å²) in [7, 11) is 0. The van der Waals surface area contributed by atoms with Crippen LogP contribution in [0.25, 0.3) is 0 Å². The Morgan fingerprint density at radius 1 is 1.67 bits per heavy atom. The molecule has 1 aliphatic heterocycles. The minimum absolute atomic E-state index is 0.0244. The number of anilines is 1. The van der Waals surface area contributed by atoms with E-state index in [0.29, 0.717) is 15.9 Å². The molecule has 92 valence electrons. The van der Waals surface area contributed by atoms with E-state index in [2.05, 4.69) is 20.9 Å². The monoisotopic (exact) mass is 309 g/mol. The van der Waals surface area contributed by atoms with Gasteiger partial charge in [0.15, 0.2) is 0 Å². The smallest absolute Gasteiger partial charge is 0.308 e. The molecule has 0 radical (unpaired) electrons. The summed E-state index contributed by atoms with van der Waals surface area (Å²) in [6.45, 7) is 0.103. The van der Waals surface area contributed by atoms with Crippen LogP contribution in [0.1, 0.15) is 12.0 Å². The van der Waals surface area contributed by atoms with Gasteiger partial charge in [0.05, 0.1) is 16.0 Å². The van der Waals surface area contributed by atoms with Crippen LogP contribution in [0.4, 0.5) is 5.82 Å². The van der Waals surface area contributed by atoms with Crippen molar-refractivity contribution in [3.63, 3.8) is 0 Å². The normalized spacial score (nSPS) is 18.8. The number of carboxylic acid groups (broad SMARTS) is 1. The average Bonchev–Trinajstić information content (AvgIpc) is 2.71. The maximum absolute atomic E-state index is 11.7. The van der Waals surface area contributed by atoms with E-state index >= 15 is 0 Å². The lowest BCUT2D eigenvalue weighted by Gasteiger charge is -2.16. The molecule has 2 heterocycles. The molecule has 1 aromatic heterocycles. The Kier molecular flexibility index (Phi) is 3.30. The highest BCUT2D eigenvalue weighted by Gasteiger charge is 2.36. The number of pyridine rings is 1. The lowest BCUT2D eigenvalue weighted by atomic mass is 10.1. The fraction of sp³-hybridized carbons (Fsp3) is 0.273. The molecule has 7 heteroatoms. The summed E-state index contributed by atoms with van der Waals surface area (Å²) in [4.78, 5) is 27.9. The fourth-order valence-corrected chi connectivity index (χ4v) is 2.33. The van der Waals surface area contributed by atoms with E-state index in [1.807, 2.05) is 6.07 Å². The van der Waals surface area contributed by atoms with Crippen LogP contribution in [0.5, 0.6) is 0 Å². The van der Waals surface area contributed by atoms with Gasteiger partial charge < -0.3 is 5.11 Å². The number of hydrogen-bond donors (Lipinski definition) is 1. The molecule has 1 atom stereocenters. The number of aromatic nitrogens is 1. The third-order valence-corrected chi connectivity index (χ3v) is 3.26. The van der Waals surface area contributed by atoms with Crippen molar-refractivity contribution in [2.75, 3.05) is 11.4 Å². The highest BCUT2D eigenvalue weighted by molar-refractivity contribution is 9.10. The minimum Gasteiger partial charge on any atom is -0.481 e. The van der Waals surface area contributed by atoms with Crippen LogP contribution in [-0.2, 0) is 9.59 Å². The van der Waals surface area contributed by atoms with Gasteiger partial charge >= 0.3 is 5.97 Å². The number of amides is 1. The molecule has 1 aromatic rings. The molecule has 1 saturated heterocycles. The van der Waals surface area contributed by atoms with E-state index in [9.17, 15) is 9.59 Å². The SMILES string of the molecule is N#Cc1cnc(N2CC(C(=O)O)CC2=O)c(Br)c1. The highest BCUT2D eigenvalue weighted by atomic mass is 79.9. The van der Waals surface area contributed by atoms with Crippen molar-refractivity contribution in [1.82, 2.24) is 4.98 Å². The topological polar surface area (TPSA) is 94.3 Å². The number of nitrogens with zero attached hydrogens (tertiary/aromatic N) is 3. The summed E-state index contributed by atoms with van der Waals surface area (Å²) in [6, 6.07) is 3.48. The van der Waals surface area contributed by atoms with Gasteiger partial charge in [-0.2, -0.15) is 5.26 Å². The zero-order valence-corrected chi connectivity index (χ0v) is 10.7. The Bertz CT molecular complexity index is 567. The van der Waals surface area contributed by atoms with E-state index in [4.69, 9.17) is 10.4 Å². The number of carbonyl (C=O) groups excluding carboxylic acids is 1. The Balaban J connectivity index is 2.30. The highest BCUT2D eigenvalue weighted by Crippen LogP contribution is 2.30. The number of carboxylic acids is 1. The number of carbonyl (C=O) groups is 2. The quantitative estimate of drug-likeness (QED) is 0.884. The van der Waals surface area contributed by atoms with Crippen LogP contribution in [0.2, 0.25) is 0 Å². The van der Waals surface area contributed by atoms with E-state index in [1.54, 1.807) is 6.07 Å². The maximum atomic E-state index is 11.7. The number of aliphatic carboxylic acids is 1. The van der Waals surface area contributed by atoms with Crippen LogP contribution < -0.4 is 4.90 Å². The maximum Gasteiger partial charge on any atom is 0.308 e. The molecule has 18 heavy (non-hydrogen) atoms. The molecule has 0 aromatic carbocycles. The van der Waals surface area contributed by atoms with Crippen molar-refractivity contribution >= 4 is 33.6 Å². The molecule has 0 saturated carbocycles. The molecular weight excluding hydrogens is 302 g/mol. The van der Waals surface area contributed by atoms with Gasteiger partial charge in [0.2, 0.25) is 5.91 Å². The van der Waals surface area contributed by atoms with Gasteiger partial charge in [-0.25, -0.2) is 4.98 Å². The van der Waals surface area contributed by atoms with Gasteiger partial charge in [-0.3, -0.25) is 14.5 Å². The zero-order chi connectivity index (χ0) is 13.3. The molecular formula is C11H8BrN3O3. The second-order valence-electron chi connectivity index (χ2n) is 3.88. The van der Waals surface area contributed by atoms with Crippen molar-refractivity contribution in [2.45, 2.75) is 6.42 Å². The molecule has 1 N–H and O–H groups in total. The summed E-state index contributed by atoms with van der Waals surface area (Å²) < 4.78 is 0.501. The number of halogens is 1. The van der Waals surface area contributed by atoms with Gasteiger partial charge in [-0.15, -0.1) is 0 Å². The van der Waals surface area contributed by atoms with E-state index in [-0.39, 0.29) is 18.9 Å². The lowest BCUT2D eigenvalue weighted by Crippen LogP contribution is -2.27. The van der Waals surface area contributed by atoms with Gasteiger partial charge in [0.25, 0.3) is 0 Å². The average molecular weight is 310 g/mol. The zero-order valence-electron chi connectivity index (χ0n) is 9.13. The van der Waals surface area contributed by atoms with Crippen LogP contribution in [0.3, 0.4) is 0 Å². The lowest BCUT2D eigenvalue weighted by molar-refractivity contribution is -0.141. The van der Waals surface area contributed by atoms with Gasteiger partial charge in [-0.05, 0) is 22.0 Å². The third kappa shape index (κ3) is 2.19. The standard InChI is InChI=1S/C11H8BrN3O3/c12-8-1-6(3-13)4-14-10(8)15-5-7(11(17)18)2-9(15)16/h1,4,7H,2,5H2,(H,17,18). The molecule has 1 aliphatic rings. The molecule has 1 fully saturated rings. The first kappa shape index (κ1) is 12.5. The van der Waals surface area contributed by atoms with Crippen LogP contribution in [-0.4, -0.2) is 28.5 Å². The van der Waals surface area contributed by atoms with Gasteiger partial charge in [0, 0.05) is 19.2 Å².